The first-order valence-electron chi connectivity index (χ1n) is 5.98. The summed E-state index contributed by atoms with van der Waals surface area (Å²) in [6.45, 7) is 2.92. The second kappa shape index (κ2) is 7.67. The first kappa shape index (κ1) is 15.3. The summed E-state index contributed by atoms with van der Waals surface area (Å²) in [5.41, 5.74) is 0.417. The van der Waals surface area contributed by atoms with E-state index < -0.39 is 11.6 Å². The van der Waals surface area contributed by atoms with Crippen molar-refractivity contribution in [3.63, 3.8) is 0 Å². The predicted molar refractivity (Wildman–Crippen MR) is 68.9 cm³/mol. The lowest BCUT2D eigenvalue weighted by atomic mass is 9.99. The number of hydrogen-bond donors (Lipinski definition) is 1. The molecule has 1 aliphatic rings. The maximum absolute atomic E-state index is 13.3. The number of benzene rings is 1. The summed E-state index contributed by atoms with van der Waals surface area (Å²) in [6.07, 6.45) is 2.21. The van der Waals surface area contributed by atoms with Crippen molar-refractivity contribution in [2.45, 2.75) is 19.4 Å². The molecule has 1 N–H and O–H groups in total. The minimum Gasteiger partial charge on any atom is -0.376 e. The molecule has 0 aromatic heterocycles. The van der Waals surface area contributed by atoms with Gasteiger partial charge in [-0.05, 0) is 37.9 Å². The molecule has 1 fully saturated rings. The molecule has 0 unspecified atom stereocenters. The molecule has 18 heavy (non-hydrogen) atoms. The Labute approximate surface area is 112 Å². The van der Waals surface area contributed by atoms with E-state index >= 15 is 0 Å². The fraction of sp³-hybridized carbons (Fsp3) is 0.538. The fourth-order valence-electron chi connectivity index (χ4n) is 2.02. The molecule has 102 valence electrons. The first-order chi connectivity index (χ1) is 8.25. The molecule has 0 saturated carbocycles. The van der Waals surface area contributed by atoms with Gasteiger partial charge in [-0.1, -0.05) is 6.07 Å². The van der Waals surface area contributed by atoms with Gasteiger partial charge in [-0.2, -0.15) is 0 Å². The van der Waals surface area contributed by atoms with Crippen LogP contribution in [0.5, 0.6) is 0 Å². The molecule has 0 radical (unpaired) electrons. The zero-order valence-electron chi connectivity index (χ0n) is 10.1. The SMILES string of the molecule is Cl.Fc1ccc(COCC2CCNCC2)c(F)c1. The van der Waals surface area contributed by atoms with Gasteiger partial charge in [0.1, 0.15) is 11.6 Å². The highest BCUT2D eigenvalue weighted by molar-refractivity contribution is 5.85. The maximum Gasteiger partial charge on any atom is 0.131 e. The molecule has 5 heteroatoms. The van der Waals surface area contributed by atoms with Crippen LogP contribution in [0.15, 0.2) is 18.2 Å². The summed E-state index contributed by atoms with van der Waals surface area (Å²) in [6, 6.07) is 3.59. The summed E-state index contributed by atoms with van der Waals surface area (Å²) >= 11 is 0. The molecule has 2 rings (SSSR count). The largest absolute Gasteiger partial charge is 0.376 e. The molecular formula is C13H18ClF2NO. The monoisotopic (exact) mass is 277 g/mol. The fourth-order valence-corrected chi connectivity index (χ4v) is 2.02. The highest BCUT2D eigenvalue weighted by atomic mass is 35.5. The lowest BCUT2D eigenvalue weighted by molar-refractivity contribution is 0.0746. The number of rotatable bonds is 4. The van der Waals surface area contributed by atoms with Crippen molar-refractivity contribution < 1.29 is 13.5 Å². The van der Waals surface area contributed by atoms with Gasteiger partial charge in [0.15, 0.2) is 0 Å². The second-order valence-electron chi connectivity index (χ2n) is 4.44. The molecule has 1 aromatic rings. The van der Waals surface area contributed by atoms with Gasteiger partial charge in [0.2, 0.25) is 0 Å². The average molecular weight is 278 g/mol. The van der Waals surface area contributed by atoms with E-state index in [4.69, 9.17) is 4.74 Å². The molecule has 0 atom stereocenters. The zero-order chi connectivity index (χ0) is 12.1. The Morgan fingerprint density at radius 3 is 2.61 bits per heavy atom. The number of nitrogens with one attached hydrogen (secondary N) is 1. The van der Waals surface area contributed by atoms with Crippen molar-refractivity contribution in [3.05, 3.63) is 35.4 Å². The van der Waals surface area contributed by atoms with Crippen LogP contribution in [0.1, 0.15) is 18.4 Å². The van der Waals surface area contributed by atoms with Crippen LogP contribution in [0.4, 0.5) is 8.78 Å². The van der Waals surface area contributed by atoms with Crippen LogP contribution in [-0.4, -0.2) is 19.7 Å². The quantitative estimate of drug-likeness (QED) is 0.914. The molecule has 0 amide bonds. The molecule has 0 aliphatic carbocycles. The Morgan fingerprint density at radius 1 is 1.22 bits per heavy atom. The zero-order valence-corrected chi connectivity index (χ0v) is 10.9. The first-order valence-corrected chi connectivity index (χ1v) is 5.98. The van der Waals surface area contributed by atoms with Crippen LogP contribution in [-0.2, 0) is 11.3 Å². The Hall–Kier alpha value is -0.710. The lowest BCUT2D eigenvalue weighted by Crippen LogP contribution is -2.29. The standard InChI is InChI=1S/C13H17F2NO.ClH/c14-12-2-1-11(13(15)7-12)9-17-8-10-3-5-16-6-4-10;/h1-2,7,10,16H,3-6,8-9H2;1H. The van der Waals surface area contributed by atoms with Crippen molar-refractivity contribution >= 4 is 12.4 Å². The van der Waals surface area contributed by atoms with Gasteiger partial charge in [-0.15, -0.1) is 12.4 Å². The Bertz CT molecular complexity index is 370. The summed E-state index contributed by atoms with van der Waals surface area (Å²) in [7, 11) is 0. The van der Waals surface area contributed by atoms with Crippen LogP contribution in [0, 0.1) is 17.6 Å². The topological polar surface area (TPSA) is 21.3 Å². The van der Waals surface area contributed by atoms with Gasteiger partial charge in [0, 0.05) is 18.2 Å². The Morgan fingerprint density at radius 2 is 1.94 bits per heavy atom. The van der Waals surface area contributed by atoms with Gasteiger partial charge in [0.25, 0.3) is 0 Å². The van der Waals surface area contributed by atoms with E-state index in [0.717, 1.165) is 32.0 Å². The van der Waals surface area contributed by atoms with E-state index in [-0.39, 0.29) is 19.0 Å². The molecular weight excluding hydrogens is 260 g/mol. The molecule has 2 nitrogen and oxygen atoms in total. The molecule has 1 aromatic carbocycles. The molecule has 0 spiro atoms. The van der Waals surface area contributed by atoms with Crippen molar-refractivity contribution in [1.29, 1.82) is 0 Å². The molecule has 1 saturated heterocycles. The van der Waals surface area contributed by atoms with Gasteiger partial charge in [-0.3, -0.25) is 0 Å². The van der Waals surface area contributed by atoms with Crippen molar-refractivity contribution in [2.75, 3.05) is 19.7 Å². The van der Waals surface area contributed by atoms with Crippen molar-refractivity contribution in [2.24, 2.45) is 5.92 Å². The van der Waals surface area contributed by atoms with Crippen molar-refractivity contribution in [3.8, 4) is 0 Å². The number of ether oxygens (including phenoxy) is 1. The summed E-state index contributed by atoms with van der Waals surface area (Å²) in [5, 5.41) is 3.28. The van der Waals surface area contributed by atoms with Gasteiger partial charge >= 0.3 is 0 Å². The third kappa shape index (κ3) is 4.52. The third-order valence-electron chi connectivity index (χ3n) is 3.08. The highest BCUT2D eigenvalue weighted by Crippen LogP contribution is 2.14. The minimum absolute atomic E-state index is 0. The molecule has 0 bridgehead atoms. The molecule has 1 heterocycles. The smallest absolute Gasteiger partial charge is 0.131 e. The van der Waals surface area contributed by atoms with Crippen LogP contribution in [0.2, 0.25) is 0 Å². The van der Waals surface area contributed by atoms with E-state index in [2.05, 4.69) is 5.32 Å². The van der Waals surface area contributed by atoms with Gasteiger partial charge in [0.05, 0.1) is 6.61 Å². The van der Waals surface area contributed by atoms with E-state index in [1.807, 2.05) is 0 Å². The minimum atomic E-state index is -0.551. The van der Waals surface area contributed by atoms with Crippen LogP contribution in [0.25, 0.3) is 0 Å². The van der Waals surface area contributed by atoms with E-state index in [1.165, 1.54) is 12.1 Å². The number of halogens is 3. The Kier molecular flexibility index (Phi) is 6.54. The van der Waals surface area contributed by atoms with E-state index in [1.54, 1.807) is 0 Å². The van der Waals surface area contributed by atoms with Gasteiger partial charge < -0.3 is 10.1 Å². The number of hydrogen-bond acceptors (Lipinski definition) is 2. The molecule has 1 aliphatic heterocycles. The maximum atomic E-state index is 13.3. The summed E-state index contributed by atoms with van der Waals surface area (Å²) in [5.74, 6) is -0.528. The summed E-state index contributed by atoms with van der Waals surface area (Å²) < 4.78 is 31.4. The number of piperidine rings is 1. The van der Waals surface area contributed by atoms with Crippen LogP contribution >= 0.6 is 12.4 Å². The van der Waals surface area contributed by atoms with Crippen LogP contribution < -0.4 is 5.32 Å². The van der Waals surface area contributed by atoms with Crippen LogP contribution in [0.3, 0.4) is 0 Å². The Balaban J connectivity index is 0.00000162. The van der Waals surface area contributed by atoms with Crippen molar-refractivity contribution in [1.82, 2.24) is 5.32 Å². The van der Waals surface area contributed by atoms with E-state index in [9.17, 15) is 8.78 Å². The predicted octanol–water partition coefficient (Wildman–Crippen LogP) is 2.90. The van der Waals surface area contributed by atoms with Gasteiger partial charge in [-0.25, -0.2) is 8.78 Å². The third-order valence-corrected chi connectivity index (χ3v) is 3.08. The normalized spacial score (nSPS) is 16.3. The van der Waals surface area contributed by atoms with E-state index in [0.29, 0.717) is 18.1 Å². The highest BCUT2D eigenvalue weighted by Gasteiger charge is 2.13. The second-order valence-corrected chi connectivity index (χ2v) is 4.44. The lowest BCUT2D eigenvalue weighted by Gasteiger charge is -2.22. The summed E-state index contributed by atoms with van der Waals surface area (Å²) in [4.78, 5) is 0. The average Bonchev–Trinajstić information content (AvgIpc) is 2.33.